The molecule has 1 fully saturated rings. The van der Waals surface area contributed by atoms with Crippen molar-refractivity contribution in [3.05, 3.63) is 12.2 Å². The molecular weight excluding hydrogens is 185 g/mol. The van der Waals surface area contributed by atoms with Crippen LogP contribution in [-0.2, 0) is 9.59 Å². The van der Waals surface area contributed by atoms with E-state index in [1.807, 2.05) is 13.8 Å². The molecule has 1 saturated heterocycles. The van der Waals surface area contributed by atoms with Gasteiger partial charge in [0.05, 0.1) is 11.5 Å². The SMILES string of the molecule is C=C1[C@@H](CC=O)C(=O)N(P)C1(C)C. The smallest absolute Gasteiger partial charge is 0.233 e. The van der Waals surface area contributed by atoms with Crippen molar-refractivity contribution in [2.45, 2.75) is 25.8 Å². The molecule has 4 heteroatoms. The molecule has 1 rings (SSSR count). The summed E-state index contributed by atoms with van der Waals surface area (Å²) in [5.41, 5.74) is 0.467. The summed E-state index contributed by atoms with van der Waals surface area (Å²) in [4.78, 5) is 22.0. The standard InChI is InChI=1S/C9H14NO2P/c1-6-7(4-5-11)8(12)10(13)9(6,2)3/h5,7H,1,4,13H2,2-3H3/t7-/m1/s1. The van der Waals surface area contributed by atoms with E-state index in [4.69, 9.17) is 0 Å². The molecule has 3 nitrogen and oxygen atoms in total. The molecule has 0 aliphatic carbocycles. The van der Waals surface area contributed by atoms with Gasteiger partial charge in [0.2, 0.25) is 5.91 Å². The minimum atomic E-state index is -0.352. The van der Waals surface area contributed by atoms with Crippen LogP contribution >= 0.6 is 9.39 Å². The third kappa shape index (κ3) is 1.42. The zero-order valence-corrected chi connectivity index (χ0v) is 9.06. The molecule has 13 heavy (non-hydrogen) atoms. The zero-order chi connectivity index (χ0) is 10.2. The highest BCUT2D eigenvalue weighted by Crippen LogP contribution is 2.41. The Balaban J connectivity index is 2.98. The Bertz CT molecular complexity index is 273. The minimum Gasteiger partial charge on any atom is -0.318 e. The van der Waals surface area contributed by atoms with Crippen LogP contribution in [0.3, 0.4) is 0 Å². The summed E-state index contributed by atoms with van der Waals surface area (Å²) in [5.74, 6) is -0.364. The number of nitrogens with zero attached hydrogens (tertiary/aromatic N) is 1. The Hall–Kier alpha value is -0.690. The largest absolute Gasteiger partial charge is 0.318 e. The van der Waals surface area contributed by atoms with Gasteiger partial charge in [0, 0.05) is 6.42 Å². The van der Waals surface area contributed by atoms with Gasteiger partial charge in [-0.05, 0) is 28.8 Å². The summed E-state index contributed by atoms with van der Waals surface area (Å²) >= 11 is 0. The molecule has 0 spiro atoms. The average Bonchev–Trinajstić information content (AvgIpc) is 2.21. The van der Waals surface area contributed by atoms with Crippen LogP contribution in [0.5, 0.6) is 0 Å². The highest BCUT2D eigenvalue weighted by molar-refractivity contribution is 7.14. The molecule has 0 aromatic heterocycles. The quantitative estimate of drug-likeness (QED) is 0.380. The van der Waals surface area contributed by atoms with Crippen LogP contribution in [0.25, 0.3) is 0 Å². The molecule has 72 valence electrons. The summed E-state index contributed by atoms with van der Waals surface area (Å²) in [5, 5.41) is 0. The second-order valence-electron chi connectivity index (χ2n) is 3.75. The summed E-state index contributed by atoms with van der Waals surface area (Å²) in [6.45, 7) is 7.72. The number of hydrogen-bond donors (Lipinski definition) is 0. The van der Waals surface area contributed by atoms with E-state index in [0.717, 1.165) is 11.9 Å². The normalized spacial score (nSPS) is 26.7. The van der Waals surface area contributed by atoms with E-state index in [-0.39, 0.29) is 23.8 Å². The van der Waals surface area contributed by atoms with Gasteiger partial charge in [-0.15, -0.1) is 0 Å². The Morgan fingerprint density at radius 2 is 2.23 bits per heavy atom. The van der Waals surface area contributed by atoms with Crippen LogP contribution in [-0.4, -0.2) is 22.4 Å². The number of carbonyl (C=O) groups is 2. The number of aldehydes is 1. The molecule has 1 aliphatic heterocycles. The highest BCUT2D eigenvalue weighted by Gasteiger charge is 2.45. The van der Waals surface area contributed by atoms with E-state index in [0.29, 0.717) is 0 Å². The van der Waals surface area contributed by atoms with Gasteiger partial charge in [-0.1, -0.05) is 6.58 Å². The first kappa shape index (κ1) is 10.4. The summed E-state index contributed by atoms with van der Waals surface area (Å²) in [6.07, 6.45) is 1.01. The van der Waals surface area contributed by atoms with Crippen molar-refractivity contribution in [2.24, 2.45) is 5.92 Å². The molecule has 0 aromatic rings. The fourth-order valence-corrected chi connectivity index (χ4v) is 1.86. The van der Waals surface area contributed by atoms with E-state index in [2.05, 4.69) is 16.0 Å². The lowest BCUT2D eigenvalue weighted by Crippen LogP contribution is -2.33. The second kappa shape index (κ2) is 3.22. The molecule has 1 unspecified atom stereocenters. The molecule has 0 saturated carbocycles. The topological polar surface area (TPSA) is 37.4 Å². The lowest BCUT2D eigenvalue weighted by Gasteiger charge is -2.27. The zero-order valence-electron chi connectivity index (χ0n) is 7.91. The molecule has 0 bridgehead atoms. The predicted molar refractivity (Wildman–Crippen MR) is 53.9 cm³/mol. The summed E-state index contributed by atoms with van der Waals surface area (Å²) in [6, 6.07) is 0. The first-order valence-electron chi connectivity index (χ1n) is 4.14. The third-order valence-electron chi connectivity index (χ3n) is 2.68. The van der Waals surface area contributed by atoms with Crippen molar-refractivity contribution in [3.8, 4) is 0 Å². The summed E-state index contributed by atoms with van der Waals surface area (Å²) in [7, 11) is 2.39. The fraction of sp³-hybridized carbons (Fsp3) is 0.556. The van der Waals surface area contributed by atoms with E-state index in [1.165, 1.54) is 0 Å². The van der Waals surface area contributed by atoms with Crippen molar-refractivity contribution in [1.82, 2.24) is 4.67 Å². The number of rotatable bonds is 2. The van der Waals surface area contributed by atoms with Gasteiger partial charge in [0.1, 0.15) is 6.29 Å². The van der Waals surface area contributed by atoms with Gasteiger partial charge in [-0.2, -0.15) is 0 Å². The van der Waals surface area contributed by atoms with Crippen molar-refractivity contribution in [1.29, 1.82) is 0 Å². The Morgan fingerprint density at radius 1 is 1.69 bits per heavy atom. The maximum atomic E-state index is 11.6. The Kier molecular flexibility index (Phi) is 2.58. The number of hydrogen-bond acceptors (Lipinski definition) is 2. The number of carbonyl (C=O) groups excluding carboxylic acids is 2. The highest BCUT2D eigenvalue weighted by atomic mass is 31.0. The predicted octanol–water partition coefficient (Wildman–Crippen LogP) is 1.16. The van der Waals surface area contributed by atoms with E-state index in [9.17, 15) is 9.59 Å². The van der Waals surface area contributed by atoms with Crippen LogP contribution in [0.1, 0.15) is 20.3 Å². The molecule has 2 atom stereocenters. The lowest BCUT2D eigenvalue weighted by atomic mass is 9.89. The van der Waals surface area contributed by atoms with Crippen molar-refractivity contribution < 1.29 is 9.59 Å². The molecule has 0 N–H and O–H groups in total. The van der Waals surface area contributed by atoms with Crippen LogP contribution in [0.15, 0.2) is 12.2 Å². The van der Waals surface area contributed by atoms with Crippen molar-refractivity contribution in [3.63, 3.8) is 0 Å². The van der Waals surface area contributed by atoms with Crippen molar-refractivity contribution >= 4 is 21.6 Å². The molecule has 1 heterocycles. The first-order valence-corrected chi connectivity index (χ1v) is 4.66. The third-order valence-corrected chi connectivity index (χ3v) is 3.58. The maximum absolute atomic E-state index is 11.6. The van der Waals surface area contributed by atoms with Crippen LogP contribution in [0, 0.1) is 5.92 Å². The molecule has 1 aliphatic rings. The monoisotopic (exact) mass is 199 g/mol. The van der Waals surface area contributed by atoms with Gasteiger partial charge < -0.3 is 9.46 Å². The van der Waals surface area contributed by atoms with Gasteiger partial charge in [0.15, 0.2) is 0 Å². The molecular formula is C9H14NO2P. The van der Waals surface area contributed by atoms with Gasteiger partial charge in [0.25, 0.3) is 0 Å². The molecule has 1 amide bonds. The second-order valence-corrected chi connectivity index (χ2v) is 4.26. The number of amides is 1. The van der Waals surface area contributed by atoms with Crippen molar-refractivity contribution in [2.75, 3.05) is 0 Å². The fourth-order valence-electron chi connectivity index (χ4n) is 1.51. The molecule has 0 radical (unpaired) electrons. The average molecular weight is 199 g/mol. The van der Waals surface area contributed by atoms with Gasteiger partial charge in [-0.3, -0.25) is 4.79 Å². The lowest BCUT2D eigenvalue weighted by molar-refractivity contribution is -0.129. The minimum absolute atomic E-state index is 0.0351. The van der Waals surface area contributed by atoms with Gasteiger partial charge in [-0.25, -0.2) is 0 Å². The summed E-state index contributed by atoms with van der Waals surface area (Å²) < 4.78 is 1.57. The Labute approximate surface area is 80.4 Å². The molecule has 0 aromatic carbocycles. The maximum Gasteiger partial charge on any atom is 0.233 e. The van der Waals surface area contributed by atoms with Gasteiger partial charge >= 0.3 is 0 Å². The Morgan fingerprint density at radius 3 is 2.54 bits per heavy atom. The van der Waals surface area contributed by atoms with E-state index < -0.39 is 0 Å². The van der Waals surface area contributed by atoms with E-state index in [1.54, 1.807) is 4.67 Å². The van der Waals surface area contributed by atoms with Crippen LogP contribution in [0.4, 0.5) is 0 Å². The van der Waals surface area contributed by atoms with Crippen LogP contribution in [0.2, 0.25) is 0 Å². The van der Waals surface area contributed by atoms with E-state index >= 15 is 0 Å². The first-order chi connectivity index (χ1) is 5.92. The van der Waals surface area contributed by atoms with Crippen LogP contribution < -0.4 is 0 Å².